The lowest BCUT2D eigenvalue weighted by Crippen LogP contribution is -2.16. The van der Waals surface area contributed by atoms with Gasteiger partial charge in [0.1, 0.15) is 9.90 Å². The quantitative estimate of drug-likeness (QED) is 0.361. The van der Waals surface area contributed by atoms with Crippen LogP contribution >= 0.6 is 34.9 Å². The molecule has 0 aliphatic heterocycles. The van der Waals surface area contributed by atoms with E-state index >= 15 is 0 Å². The molecular weight excluding hydrogens is 420 g/mol. The van der Waals surface area contributed by atoms with Gasteiger partial charge >= 0.3 is 0 Å². The lowest BCUT2D eigenvalue weighted by Gasteiger charge is -2.03. The molecule has 1 N–H and O–H groups in total. The Morgan fingerprint density at radius 2 is 1.81 bits per heavy atom. The van der Waals surface area contributed by atoms with Gasteiger partial charge in [-0.1, -0.05) is 53.3 Å². The molecule has 2 aromatic carbocycles. The largest absolute Gasteiger partial charge is 0.284 e. The van der Waals surface area contributed by atoms with Gasteiger partial charge in [-0.2, -0.15) is 0 Å². The van der Waals surface area contributed by atoms with Crippen molar-refractivity contribution in [2.24, 2.45) is 0 Å². The monoisotopic (exact) mass is 428 g/mol. The van der Waals surface area contributed by atoms with Crippen LogP contribution in [0.5, 0.6) is 0 Å². The van der Waals surface area contributed by atoms with E-state index in [0.29, 0.717) is 27.5 Å². The normalized spacial score (nSPS) is 11.4. The van der Waals surface area contributed by atoms with E-state index in [2.05, 4.69) is 14.3 Å². The molecule has 8 nitrogen and oxygen atoms in total. The zero-order valence-electron chi connectivity index (χ0n) is 12.7. The lowest BCUT2D eigenvalue weighted by molar-refractivity contribution is -0.387. The first-order valence-electron chi connectivity index (χ1n) is 6.89. The molecule has 1 heterocycles. The van der Waals surface area contributed by atoms with Crippen LogP contribution in [-0.4, -0.2) is 23.5 Å². The van der Waals surface area contributed by atoms with Gasteiger partial charge in [-0.25, -0.2) is 8.42 Å². The van der Waals surface area contributed by atoms with Crippen LogP contribution in [0.4, 0.5) is 5.69 Å². The van der Waals surface area contributed by atoms with Gasteiger partial charge in [0.25, 0.3) is 15.7 Å². The highest BCUT2D eigenvalue weighted by molar-refractivity contribution is 8.09. The summed E-state index contributed by atoms with van der Waals surface area (Å²) in [5, 5.41) is 19.3. The summed E-state index contributed by atoms with van der Waals surface area (Å²) in [6.45, 7) is 0. The number of rotatable bonds is 6. The van der Waals surface area contributed by atoms with E-state index in [1.807, 2.05) is 0 Å². The van der Waals surface area contributed by atoms with E-state index in [1.54, 1.807) is 30.3 Å². The third-order valence-corrected chi connectivity index (χ3v) is 7.37. The molecule has 0 amide bonds. The molecule has 0 saturated carbocycles. The summed E-state index contributed by atoms with van der Waals surface area (Å²) in [5.41, 5.74) is 0.369. The summed E-state index contributed by atoms with van der Waals surface area (Å²) >= 11 is 7.54. The van der Waals surface area contributed by atoms with Gasteiger partial charge < -0.3 is 0 Å². The summed E-state index contributed by atoms with van der Waals surface area (Å²) in [6.07, 6.45) is 0. The Balaban J connectivity index is 1.82. The van der Waals surface area contributed by atoms with Crippen LogP contribution in [0.1, 0.15) is 0 Å². The van der Waals surface area contributed by atoms with Gasteiger partial charge in [0.05, 0.1) is 9.95 Å². The van der Waals surface area contributed by atoms with E-state index in [4.69, 9.17) is 11.6 Å². The van der Waals surface area contributed by atoms with Crippen LogP contribution in [-0.2, 0) is 10.0 Å². The number of hydrogen-bond acceptors (Lipinski definition) is 8. The standard InChI is InChI=1S/C14H9ClN4O4S3/c15-10-6-2-1-5-9(10)13-16-17-14(24-13)26(22,23)18-25-12-8-4-3-7-11(12)19(20)21/h1-8,18H. The summed E-state index contributed by atoms with van der Waals surface area (Å²) < 4.78 is 26.7. The third-order valence-electron chi connectivity index (χ3n) is 3.06. The van der Waals surface area contributed by atoms with E-state index in [9.17, 15) is 18.5 Å². The van der Waals surface area contributed by atoms with E-state index in [1.165, 1.54) is 18.2 Å². The molecule has 0 radical (unpaired) electrons. The van der Waals surface area contributed by atoms with E-state index in [0.717, 1.165) is 11.3 Å². The second-order valence-electron chi connectivity index (χ2n) is 4.77. The topological polar surface area (TPSA) is 115 Å². The summed E-state index contributed by atoms with van der Waals surface area (Å²) in [4.78, 5) is 10.6. The van der Waals surface area contributed by atoms with Crippen LogP contribution < -0.4 is 4.13 Å². The van der Waals surface area contributed by atoms with Crippen molar-refractivity contribution in [1.29, 1.82) is 0 Å². The maximum atomic E-state index is 12.4. The number of aromatic nitrogens is 2. The Hall–Kier alpha value is -2.05. The van der Waals surface area contributed by atoms with Crippen molar-refractivity contribution >= 4 is 50.6 Å². The van der Waals surface area contributed by atoms with Crippen LogP contribution in [0, 0.1) is 10.1 Å². The van der Waals surface area contributed by atoms with Gasteiger partial charge in [-0.15, -0.1) is 14.3 Å². The molecule has 0 aliphatic rings. The molecule has 0 unspecified atom stereocenters. The minimum Gasteiger partial charge on any atom is -0.258 e. The SMILES string of the molecule is O=[N+]([O-])c1ccccc1SNS(=O)(=O)c1nnc(-c2ccccc2Cl)s1. The van der Waals surface area contributed by atoms with Crippen molar-refractivity contribution in [1.82, 2.24) is 14.3 Å². The molecule has 0 spiro atoms. The molecule has 134 valence electrons. The zero-order valence-corrected chi connectivity index (χ0v) is 15.9. The molecule has 3 rings (SSSR count). The highest BCUT2D eigenvalue weighted by Crippen LogP contribution is 2.32. The number of sulfonamides is 1. The predicted molar refractivity (Wildman–Crippen MR) is 99.6 cm³/mol. The molecule has 0 fully saturated rings. The predicted octanol–water partition coefficient (Wildman–Crippen LogP) is 3.75. The first-order valence-corrected chi connectivity index (χ1v) is 10.4. The lowest BCUT2D eigenvalue weighted by atomic mass is 10.2. The molecular formula is C14H9ClN4O4S3. The fraction of sp³-hybridized carbons (Fsp3) is 0. The van der Waals surface area contributed by atoms with Gasteiger partial charge in [0.15, 0.2) is 0 Å². The Labute approximate surface area is 161 Å². The van der Waals surface area contributed by atoms with Crippen molar-refractivity contribution in [3.05, 3.63) is 63.7 Å². The second-order valence-corrected chi connectivity index (χ2v) is 9.11. The van der Waals surface area contributed by atoms with Crippen molar-refractivity contribution in [2.75, 3.05) is 0 Å². The Kier molecular flexibility index (Phi) is 5.53. The summed E-state index contributed by atoms with van der Waals surface area (Å²) in [7, 11) is -4.01. The maximum absolute atomic E-state index is 12.4. The van der Waals surface area contributed by atoms with Crippen LogP contribution in [0.2, 0.25) is 5.02 Å². The average Bonchev–Trinajstić information content (AvgIpc) is 3.11. The van der Waals surface area contributed by atoms with Gasteiger partial charge in [-0.05, 0) is 24.1 Å². The third kappa shape index (κ3) is 4.02. The number of nitrogens with zero attached hydrogens (tertiary/aromatic N) is 3. The second kappa shape index (κ2) is 7.68. The first-order chi connectivity index (χ1) is 12.4. The fourth-order valence-electron chi connectivity index (χ4n) is 1.89. The molecule has 3 aromatic rings. The van der Waals surface area contributed by atoms with Gasteiger partial charge in [0, 0.05) is 11.6 Å². The number of benzene rings is 2. The van der Waals surface area contributed by atoms with Crippen molar-refractivity contribution in [2.45, 2.75) is 9.24 Å². The highest BCUT2D eigenvalue weighted by Gasteiger charge is 2.23. The van der Waals surface area contributed by atoms with Crippen molar-refractivity contribution in [3.8, 4) is 10.6 Å². The maximum Gasteiger partial charge on any atom is 0.284 e. The summed E-state index contributed by atoms with van der Waals surface area (Å²) in [6, 6.07) is 12.7. The van der Waals surface area contributed by atoms with E-state index < -0.39 is 14.9 Å². The fourth-order valence-corrected chi connectivity index (χ4v) is 5.40. The molecule has 0 bridgehead atoms. The molecule has 0 saturated heterocycles. The molecule has 0 aliphatic carbocycles. The van der Waals surface area contributed by atoms with Crippen LogP contribution in [0.3, 0.4) is 0 Å². The van der Waals surface area contributed by atoms with Crippen molar-refractivity contribution in [3.63, 3.8) is 0 Å². The Morgan fingerprint density at radius 3 is 2.54 bits per heavy atom. The molecule has 12 heteroatoms. The minimum atomic E-state index is -4.01. The molecule has 1 aromatic heterocycles. The minimum absolute atomic E-state index is 0.164. The number of para-hydroxylation sites is 1. The Morgan fingerprint density at radius 1 is 1.12 bits per heavy atom. The van der Waals surface area contributed by atoms with Crippen molar-refractivity contribution < 1.29 is 13.3 Å². The smallest absolute Gasteiger partial charge is 0.258 e. The van der Waals surface area contributed by atoms with Gasteiger partial charge in [0.2, 0.25) is 4.34 Å². The van der Waals surface area contributed by atoms with E-state index in [-0.39, 0.29) is 14.9 Å². The number of hydrogen-bond donors (Lipinski definition) is 1. The number of halogens is 1. The summed E-state index contributed by atoms with van der Waals surface area (Å²) in [5.74, 6) is 0. The molecule has 26 heavy (non-hydrogen) atoms. The van der Waals surface area contributed by atoms with Crippen LogP contribution in [0.15, 0.2) is 57.8 Å². The highest BCUT2D eigenvalue weighted by atomic mass is 35.5. The Bertz CT molecular complexity index is 1070. The molecule has 0 atom stereocenters. The number of nitro groups is 1. The van der Waals surface area contributed by atoms with Crippen LogP contribution in [0.25, 0.3) is 10.6 Å². The first kappa shape index (κ1) is 18.7. The number of nitro benzene ring substituents is 1. The average molecular weight is 429 g/mol. The number of nitrogens with one attached hydrogen (secondary N) is 1. The zero-order chi connectivity index (χ0) is 18.7. The van der Waals surface area contributed by atoms with Gasteiger partial charge in [-0.3, -0.25) is 10.1 Å².